The van der Waals surface area contributed by atoms with Crippen LogP contribution in [0, 0.1) is 0 Å². The van der Waals surface area contributed by atoms with Gasteiger partial charge in [0.1, 0.15) is 5.01 Å². The highest BCUT2D eigenvalue weighted by Gasteiger charge is 2.30. The molecule has 1 aliphatic rings. The molecule has 1 atom stereocenters. The zero-order valence-electron chi connectivity index (χ0n) is 13.6. The lowest BCUT2D eigenvalue weighted by atomic mass is 10.1. The van der Waals surface area contributed by atoms with Crippen molar-refractivity contribution in [2.45, 2.75) is 32.1 Å². The average molecular weight is 369 g/mol. The first kappa shape index (κ1) is 17.9. The van der Waals surface area contributed by atoms with Gasteiger partial charge in [-0.05, 0) is 25.5 Å². The van der Waals surface area contributed by atoms with E-state index in [0.717, 1.165) is 30.8 Å². The highest BCUT2D eigenvalue weighted by molar-refractivity contribution is 7.13. The Balaban J connectivity index is 1.73. The summed E-state index contributed by atoms with van der Waals surface area (Å²) >= 11 is 1.39. The quantitative estimate of drug-likeness (QED) is 0.900. The molecule has 1 aromatic heterocycles. The highest BCUT2D eigenvalue weighted by Crippen LogP contribution is 2.32. The van der Waals surface area contributed by atoms with Crippen LogP contribution in [0.25, 0.3) is 10.6 Å². The zero-order valence-corrected chi connectivity index (χ0v) is 14.5. The number of hydrogen-bond donors (Lipinski definition) is 1. The van der Waals surface area contributed by atoms with Crippen molar-refractivity contribution < 1.29 is 18.0 Å². The van der Waals surface area contributed by atoms with Gasteiger partial charge in [0, 0.05) is 30.6 Å². The van der Waals surface area contributed by atoms with E-state index in [9.17, 15) is 18.0 Å². The molecule has 8 heteroatoms. The third kappa shape index (κ3) is 4.19. The number of alkyl halides is 3. The van der Waals surface area contributed by atoms with E-state index in [1.54, 1.807) is 0 Å². The summed E-state index contributed by atoms with van der Waals surface area (Å²) < 4.78 is 37.9. The molecule has 134 valence electrons. The number of rotatable bonds is 3. The third-order valence-electron chi connectivity index (χ3n) is 4.22. The Bertz CT molecular complexity index is 742. The van der Waals surface area contributed by atoms with E-state index in [2.05, 4.69) is 15.2 Å². The van der Waals surface area contributed by atoms with Gasteiger partial charge in [-0.2, -0.15) is 13.2 Å². The van der Waals surface area contributed by atoms with Crippen molar-refractivity contribution in [2.24, 2.45) is 0 Å². The molecule has 0 aliphatic carbocycles. The number of benzene rings is 1. The number of halogens is 3. The minimum Gasteiger partial charge on any atom is -0.355 e. The third-order valence-corrected chi connectivity index (χ3v) is 5.16. The van der Waals surface area contributed by atoms with Crippen molar-refractivity contribution in [1.29, 1.82) is 0 Å². The Kier molecular flexibility index (Phi) is 5.10. The molecule has 3 rings (SSSR count). The normalized spacial score (nSPS) is 19.5. The summed E-state index contributed by atoms with van der Waals surface area (Å²) in [5.41, 5.74) is 0.810. The van der Waals surface area contributed by atoms with Gasteiger partial charge in [0.05, 0.1) is 17.3 Å². The van der Waals surface area contributed by atoms with Gasteiger partial charge in [0.15, 0.2) is 0 Å². The second-order valence-corrected chi connectivity index (χ2v) is 6.87. The molecule has 0 radical (unpaired) electrons. The predicted octanol–water partition coefficient (Wildman–Crippen LogP) is 3.54. The number of thiazole rings is 1. The van der Waals surface area contributed by atoms with Gasteiger partial charge in [0.2, 0.25) is 5.91 Å². The van der Waals surface area contributed by atoms with E-state index in [0.29, 0.717) is 23.7 Å². The molecular formula is C17H18F3N3OS. The molecule has 2 heterocycles. The summed E-state index contributed by atoms with van der Waals surface area (Å²) in [5, 5.41) is 5.44. The monoisotopic (exact) mass is 369 g/mol. The number of amides is 1. The lowest BCUT2D eigenvalue weighted by Crippen LogP contribution is -2.41. The van der Waals surface area contributed by atoms with Crippen LogP contribution < -0.4 is 5.32 Å². The van der Waals surface area contributed by atoms with Crippen LogP contribution in [-0.2, 0) is 17.5 Å². The Morgan fingerprint density at radius 2 is 2.04 bits per heavy atom. The largest absolute Gasteiger partial charge is 0.416 e. The molecule has 0 bridgehead atoms. The van der Waals surface area contributed by atoms with Crippen LogP contribution in [0.2, 0.25) is 0 Å². The van der Waals surface area contributed by atoms with Gasteiger partial charge in [-0.1, -0.05) is 12.1 Å². The fraction of sp³-hybridized carbons (Fsp3) is 0.412. The average Bonchev–Trinajstić information content (AvgIpc) is 2.98. The molecule has 1 saturated heterocycles. The smallest absolute Gasteiger partial charge is 0.355 e. The Morgan fingerprint density at radius 3 is 2.72 bits per heavy atom. The topological polar surface area (TPSA) is 45.2 Å². The summed E-state index contributed by atoms with van der Waals surface area (Å²) in [6.45, 7) is 3.89. The Hall–Kier alpha value is -1.93. The standard InChI is InChI=1S/C17H18F3N3OS/c1-11-15(24)21-7-2-8-23(11)9-14-10-25-16(22-14)12-3-5-13(6-4-12)17(18,19)20/h3-6,10-11H,2,7-9H2,1H3,(H,21,24). The van der Waals surface area contributed by atoms with E-state index in [1.165, 1.54) is 23.5 Å². The summed E-state index contributed by atoms with van der Waals surface area (Å²) in [6, 6.07) is 4.79. The SMILES string of the molecule is CC1C(=O)NCCCN1Cc1csc(-c2ccc(C(F)(F)F)cc2)n1. The first-order valence-corrected chi connectivity index (χ1v) is 8.86. The van der Waals surface area contributed by atoms with Crippen molar-refractivity contribution in [3.63, 3.8) is 0 Å². The highest BCUT2D eigenvalue weighted by atomic mass is 32.1. The minimum absolute atomic E-state index is 0.00990. The lowest BCUT2D eigenvalue weighted by Gasteiger charge is -2.24. The first-order chi connectivity index (χ1) is 11.8. The van der Waals surface area contributed by atoms with Crippen molar-refractivity contribution >= 4 is 17.2 Å². The predicted molar refractivity (Wildman–Crippen MR) is 90.1 cm³/mol. The maximum atomic E-state index is 12.6. The fourth-order valence-corrected chi connectivity index (χ4v) is 3.56. The molecule has 1 fully saturated rings. The van der Waals surface area contributed by atoms with Crippen LogP contribution in [0.3, 0.4) is 0 Å². The van der Waals surface area contributed by atoms with Crippen LogP contribution in [0.5, 0.6) is 0 Å². The maximum absolute atomic E-state index is 12.6. The zero-order chi connectivity index (χ0) is 18.0. The Morgan fingerprint density at radius 1 is 1.32 bits per heavy atom. The van der Waals surface area contributed by atoms with Gasteiger partial charge in [-0.3, -0.25) is 9.69 Å². The fourth-order valence-electron chi connectivity index (χ4n) is 2.74. The minimum atomic E-state index is -4.34. The van der Waals surface area contributed by atoms with Crippen LogP contribution in [-0.4, -0.2) is 34.9 Å². The second kappa shape index (κ2) is 7.13. The summed E-state index contributed by atoms with van der Waals surface area (Å²) in [7, 11) is 0. The molecule has 1 aliphatic heterocycles. The van der Waals surface area contributed by atoms with Crippen molar-refractivity contribution in [2.75, 3.05) is 13.1 Å². The van der Waals surface area contributed by atoms with Gasteiger partial charge in [0.25, 0.3) is 0 Å². The molecule has 1 aromatic carbocycles. The number of nitrogens with one attached hydrogen (secondary N) is 1. The molecule has 1 amide bonds. The van der Waals surface area contributed by atoms with E-state index in [4.69, 9.17) is 0 Å². The van der Waals surface area contributed by atoms with E-state index < -0.39 is 11.7 Å². The number of nitrogens with zero attached hydrogens (tertiary/aromatic N) is 2. The number of hydrogen-bond acceptors (Lipinski definition) is 4. The molecule has 1 unspecified atom stereocenters. The van der Waals surface area contributed by atoms with Crippen LogP contribution >= 0.6 is 11.3 Å². The van der Waals surface area contributed by atoms with Crippen LogP contribution in [0.4, 0.5) is 13.2 Å². The summed E-state index contributed by atoms with van der Waals surface area (Å²) in [4.78, 5) is 18.5. The summed E-state index contributed by atoms with van der Waals surface area (Å²) in [5.74, 6) is 0.00990. The van der Waals surface area contributed by atoms with Crippen molar-refractivity contribution in [1.82, 2.24) is 15.2 Å². The number of carbonyl (C=O) groups excluding carboxylic acids is 1. The number of carbonyl (C=O) groups is 1. The molecule has 1 N–H and O–H groups in total. The van der Waals surface area contributed by atoms with Crippen molar-refractivity contribution in [3.05, 3.63) is 40.9 Å². The molecule has 0 saturated carbocycles. The molecule has 4 nitrogen and oxygen atoms in total. The molecule has 25 heavy (non-hydrogen) atoms. The molecule has 0 spiro atoms. The number of aromatic nitrogens is 1. The van der Waals surface area contributed by atoms with Gasteiger partial charge < -0.3 is 5.32 Å². The first-order valence-electron chi connectivity index (χ1n) is 7.98. The van der Waals surface area contributed by atoms with Crippen LogP contribution in [0.1, 0.15) is 24.6 Å². The van der Waals surface area contributed by atoms with E-state index in [1.807, 2.05) is 12.3 Å². The molecule has 2 aromatic rings. The van der Waals surface area contributed by atoms with Crippen molar-refractivity contribution in [3.8, 4) is 10.6 Å². The van der Waals surface area contributed by atoms with E-state index in [-0.39, 0.29) is 11.9 Å². The lowest BCUT2D eigenvalue weighted by molar-refractivity contribution is -0.137. The Labute approximate surface area is 147 Å². The second-order valence-electron chi connectivity index (χ2n) is 6.01. The van der Waals surface area contributed by atoms with Crippen LogP contribution in [0.15, 0.2) is 29.6 Å². The molecular weight excluding hydrogens is 351 g/mol. The van der Waals surface area contributed by atoms with Gasteiger partial charge in [-0.25, -0.2) is 4.98 Å². The van der Waals surface area contributed by atoms with Gasteiger partial charge >= 0.3 is 6.18 Å². The maximum Gasteiger partial charge on any atom is 0.416 e. The summed E-state index contributed by atoms with van der Waals surface area (Å²) in [6.07, 6.45) is -3.46. The van der Waals surface area contributed by atoms with Gasteiger partial charge in [-0.15, -0.1) is 11.3 Å². The van der Waals surface area contributed by atoms with E-state index >= 15 is 0 Å².